The van der Waals surface area contributed by atoms with Crippen LogP contribution in [0.2, 0.25) is 0 Å². The molecule has 0 aliphatic carbocycles. The van der Waals surface area contributed by atoms with Crippen LogP contribution >= 0.6 is 0 Å². The molecule has 3 rings (SSSR count). The molecule has 0 radical (unpaired) electrons. The highest BCUT2D eigenvalue weighted by Gasteiger charge is 2.15. The van der Waals surface area contributed by atoms with Crippen LogP contribution in [-0.2, 0) is 11.3 Å². The molecule has 0 unspecified atom stereocenters. The van der Waals surface area contributed by atoms with Crippen molar-refractivity contribution in [2.75, 3.05) is 31.1 Å². The number of nitrogens with one attached hydrogen (secondary N) is 1. The van der Waals surface area contributed by atoms with E-state index in [2.05, 4.69) is 20.2 Å². The summed E-state index contributed by atoms with van der Waals surface area (Å²) in [6.07, 6.45) is 9.15. The van der Waals surface area contributed by atoms with E-state index < -0.39 is 0 Å². The molecule has 5 nitrogen and oxygen atoms in total. The van der Waals surface area contributed by atoms with E-state index in [-0.39, 0.29) is 0 Å². The van der Waals surface area contributed by atoms with Crippen LogP contribution in [0.4, 0.5) is 5.95 Å². The summed E-state index contributed by atoms with van der Waals surface area (Å²) in [5.41, 5.74) is 1.14. The van der Waals surface area contributed by atoms with Crippen molar-refractivity contribution < 1.29 is 4.74 Å². The topological polar surface area (TPSA) is 50.3 Å². The third-order valence-electron chi connectivity index (χ3n) is 3.81. The summed E-state index contributed by atoms with van der Waals surface area (Å²) >= 11 is 0. The van der Waals surface area contributed by atoms with Gasteiger partial charge in [0.15, 0.2) is 0 Å². The van der Waals surface area contributed by atoms with Gasteiger partial charge in [-0.25, -0.2) is 9.97 Å². The molecule has 104 valence electrons. The fourth-order valence-electron chi connectivity index (χ4n) is 2.70. The molecular formula is C14H22N4O. The Bertz CT molecular complexity index is 383. The molecule has 0 amide bonds. The van der Waals surface area contributed by atoms with E-state index >= 15 is 0 Å². The zero-order valence-corrected chi connectivity index (χ0v) is 11.3. The third-order valence-corrected chi connectivity index (χ3v) is 3.81. The van der Waals surface area contributed by atoms with E-state index in [1.807, 2.05) is 12.4 Å². The number of hydrogen-bond acceptors (Lipinski definition) is 5. The highest BCUT2D eigenvalue weighted by atomic mass is 16.5. The molecule has 19 heavy (non-hydrogen) atoms. The molecule has 0 aromatic carbocycles. The summed E-state index contributed by atoms with van der Waals surface area (Å²) in [5.74, 6) is 0.875. The monoisotopic (exact) mass is 262 g/mol. The summed E-state index contributed by atoms with van der Waals surface area (Å²) < 4.78 is 5.58. The normalized spacial score (nSPS) is 23.2. The molecule has 0 spiro atoms. The van der Waals surface area contributed by atoms with Crippen LogP contribution in [0.5, 0.6) is 0 Å². The Morgan fingerprint density at radius 3 is 2.68 bits per heavy atom. The van der Waals surface area contributed by atoms with Crippen molar-refractivity contribution in [3.63, 3.8) is 0 Å². The second-order valence-corrected chi connectivity index (χ2v) is 5.35. The number of hydrogen-bond donors (Lipinski definition) is 1. The van der Waals surface area contributed by atoms with Gasteiger partial charge < -0.3 is 15.0 Å². The Morgan fingerprint density at radius 1 is 1.21 bits per heavy atom. The van der Waals surface area contributed by atoms with Gasteiger partial charge in [-0.2, -0.15) is 0 Å². The van der Waals surface area contributed by atoms with E-state index in [1.165, 1.54) is 25.7 Å². The molecule has 0 bridgehead atoms. The maximum absolute atomic E-state index is 5.58. The molecule has 1 atom stereocenters. The van der Waals surface area contributed by atoms with Gasteiger partial charge in [-0.1, -0.05) is 0 Å². The summed E-state index contributed by atoms with van der Waals surface area (Å²) in [6, 6.07) is 0. The number of aromatic nitrogens is 2. The first-order valence-electron chi connectivity index (χ1n) is 7.30. The highest BCUT2D eigenvalue weighted by molar-refractivity contribution is 5.30. The second kappa shape index (κ2) is 6.30. The fraction of sp³-hybridized carbons (Fsp3) is 0.714. The molecule has 1 aromatic heterocycles. The molecule has 1 N–H and O–H groups in total. The fourth-order valence-corrected chi connectivity index (χ4v) is 2.70. The maximum atomic E-state index is 5.58. The average Bonchev–Trinajstić information content (AvgIpc) is 3.13. The predicted octanol–water partition coefficient (Wildman–Crippen LogP) is 1.35. The quantitative estimate of drug-likeness (QED) is 0.868. The number of rotatable bonds is 5. The Hall–Kier alpha value is -1.20. The van der Waals surface area contributed by atoms with Gasteiger partial charge >= 0.3 is 0 Å². The summed E-state index contributed by atoms with van der Waals surface area (Å²) in [5, 5.41) is 3.41. The van der Waals surface area contributed by atoms with Crippen LogP contribution in [0.15, 0.2) is 12.4 Å². The zero-order chi connectivity index (χ0) is 12.9. The minimum Gasteiger partial charge on any atom is -0.377 e. The smallest absolute Gasteiger partial charge is 0.225 e. The molecule has 5 heteroatoms. The van der Waals surface area contributed by atoms with Gasteiger partial charge in [0.1, 0.15) is 0 Å². The average molecular weight is 262 g/mol. The molecule has 1 aromatic rings. The van der Waals surface area contributed by atoms with Crippen molar-refractivity contribution in [1.82, 2.24) is 15.3 Å². The zero-order valence-electron chi connectivity index (χ0n) is 11.3. The van der Waals surface area contributed by atoms with Gasteiger partial charge in [0.05, 0.1) is 6.10 Å². The molecule has 3 heterocycles. The van der Waals surface area contributed by atoms with Gasteiger partial charge in [0.2, 0.25) is 5.95 Å². The Labute approximate surface area is 114 Å². The highest BCUT2D eigenvalue weighted by Crippen LogP contribution is 2.15. The van der Waals surface area contributed by atoms with Crippen molar-refractivity contribution in [2.45, 2.75) is 38.3 Å². The number of anilines is 1. The Morgan fingerprint density at radius 2 is 2.00 bits per heavy atom. The first-order valence-corrected chi connectivity index (χ1v) is 7.30. The van der Waals surface area contributed by atoms with Crippen molar-refractivity contribution in [1.29, 1.82) is 0 Å². The van der Waals surface area contributed by atoms with Crippen molar-refractivity contribution in [3.8, 4) is 0 Å². The van der Waals surface area contributed by atoms with Crippen LogP contribution in [0, 0.1) is 0 Å². The van der Waals surface area contributed by atoms with Gasteiger partial charge in [0, 0.05) is 50.7 Å². The molecule has 2 aliphatic rings. The van der Waals surface area contributed by atoms with E-state index in [0.29, 0.717) is 6.10 Å². The number of nitrogens with zero attached hydrogens (tertiary/aromatic N) is 3. The van der Waals surface area contributed by atoms with Crippen LogP contribution in [-0.4, -0.2) is 42.3 Å². The second-order valence-electron chi connectivity index (χ2n) is 5.35. The Kier molecular flexibility index (Phi) is 4.25. The van der Waals surface area contributed by atoms with Gasteiger partial charge in [-0.3, -0.25) is 0 Å². The molecule has 2 saturated heterocycles. The lowest BCUT2D eigenvalue weighted by molar-refractivity contribution is 0.110. The summed E-state index contributed by atoms with van der Waals surface area (Å²) in [7, 11) is 0. The minimum absolute atomic E-state index is 0.393. The van der Waals surface area contributed by atoms with Crippen LogP contribution in [0.25, 0.3) is 0 Å². The van der Waals surface area contributed by atoms with E-state index in [9.17, 15) is 0 Å². The van der Waals surface area contributed by atoms with Gasteiger partial charge in [-0.05, 0) is 25.7 Å². The van der Waals surface area contributed by atoms with Crippen LogP contribution in [0.1, 0.15) is 31.2 Å². The number of ether oxygens (including phenoxy) is 1. The molecule has 0 saturated carbocycles. The molecular weight excluding hydrogens is 240 g/mol. The van der Waals surface area contributed by atoms with Crippen molar-refractivity contribution >= 4 is 5.95 Å². The van der Waals surface area contributed by atoms with Crippen LogP contribution in [0.3, 0.4) is 0 Å². The van der Waals surface area contributed by atoms with E-state index in [0.717, 1.165) is 44.3 Å². The van der Waals surface area contributed by atoms with Gasteiger partial charge in [0.25, 0.3) is 0 Å². The SMILES string of the molecule is c1nc(N2CCCC2)ncc1CNC[C@H]1CCCO1. The maximum Gasteiger partial charge on any atom is 0.225 e. The lowest BCUT2D eigenvalue weighted by Crippen LogP contribution is -2.26. The first kappa shape index (κ1) is 12.8. The van der Waals surface area contributed by atoms with E-state index in [1.54, 1.807) is 0 Å². The molecule has 2 aliphatic heterocycles. The first-order chi connectivity index (χ1) is 9.42. The largest absolute Gasteiger partial charge is 0.377 e. The molecule has 2 fully saturated rings. The van der Waals surface area contributed by atoms with Crippen molar-refractivity contribution in [2.24, 2.45) is 0 Å². The van der Waals surface area contributed by atoms with Crippen molar-refractivity contribution in [3.05, 3.63) is 18.0 Å². The minimum atomic E-state index is 0.393. The summed E-state index contributed by atoms with van der Waals surface area (Å²) in [4.78, 5) is 11.2. The summed E-state index contributed by atoms with van der Waals surface area (Å²) in [6.45, 7) is 4.85. The standard InChI is InChI=1S/C14H22N4O/c1-2-6-18(5-1)14-16-9-12(10-17-14)8-15-11-13-4-3-7-19-13/h9-10,13,15H,1-8,11H2/t13-/m1/s1. The lowest BCUT2D eigenvalue weighted by Gasteiger charge is -2.15. The lowest BCUT2D eigenvalue weighted by atomic mass is 10.2. The van der Waals surface area contributed by atoms with Crippen LogP contribution < -0.4 is 10.2 Å². The Balaban J connectivity index is 1.45. The van der Waals surface area contributed by atoms with Gasteiger partial charge in [-0.15, -0.1) is 0 Å². The van der Waals surface area contributed by atoms with E-state index in [4.69, 9.17) is 4.74 Å². The predicted molar refractivity (Wildman–Crippen MR) is 74.2 cm³/mol. The third kappa shape index (κ3) is 3.42.